The highest BCUT2D eigenvalue weighted by Crippen LogP contribution is 2.15. The van der Waals surface area contributed by atoms with Crippen LogP contribution in [-0.4, -0.2) is 13.7 Å². The van der Waals surface area contributed by atoms with Crippen LogP contribution in [0.1, 0.15) is 17.5 Å². The quantitative estimate of drug-likeness (QED) is 0.782. The van der Waals surface area contributed by atoms with Crippen LogP contribution in [0.2, 0.25) is 0 Å². The number of aryl methyl sites for hydroxylation is 1. The summed E-state index contributed by atoms with van der Waals surface area (Å²) in [6.45, 7) is 0.913. The zero-order chi connectivity index (χ0) is 10.4. The summed E-state index contributed by atoms with van der Waals surface area (Å²) in [5.41, 5.74) is 6.72. The third-order valence-electron chi connectivity index (χ3n) is 2.11. The van der Waals surface area contributed by atoms with Gasteiger partial charge in [-0.05, 0) is 24.9 Å². The SMILES string of the molecule is COCc1cccc(CCCN)c1F. The zero-order valence-electron chi connectivity index (χ0n) is 8.42. The number of ether oxygens (including phenoxy) is 1. The number of hydrogen-bond donors (Lipinski definition) is 1. The lowest BCUT2D eigenvalue weighted by Crippen LogP contribution is -2.03. The molecule has 78 valence electrons. The molecule has 0 unspecified atom stereocenters. The van der Waals surface area contributed by atoms with Gasteiger partial charge in [-0.1, -0.05) is 18.2 Å². The van der Waals surface area contributed by atoms with E-state index in [4.69, 9.17) is 10.5 Å². The maximum atomic E-state index is 13.7. The van der Waals surface area contributed by atoms with Gasteiger partial charge in [0.25, 0.3) is 0 Å². The summed E-state index contributed by atoms with van der Waals surface area (Å²) in [6, 6.07) is 5.39. The van der Waals surface area contributed by atoms with Crippen LogP contribution in [0.15, 0.2) is 18.2 Å². The fraction of sp³-hybridized carbons (Fsp3) is 0.455. The highest BCUT2D eigenvalue weighted by molar-refractivity contribution is 5.25. The molecule has 0 aliphatic heterocycles. The van der Waals surface area contributed by atoms with Crippen molar-refractivity contribution in [2.45, 2.75) is 19.4 Å². The van der Waals surface area contributed by atoms with Gasteiger partial charge < -0.3 is 10.5 Å². The van der Waals surface area contributed by atoms with Gasteiger partial charge in [0.2, 0.25) is 0 Å². The van der Waals surface area contributed by atoms with Crippen LogP contribution >= 0.6 is 0 Å². The lowest BCUT2D eigenvalue weighted by molar-refractivity contribution is 0.181. The van der Waals surface area contributed by atoms with Crippen LogP contribution in [0.3, 0.4) is 0 Å². The Morgan fingerprint density at radius 3 is 2.71 bits per heavy atom. The molecule has 1 aromatic carbocycles. The van der Waals surface area contributed by atoms with Gasteiger partial charge in [0.05, 0.1) is 6.61 Å². The monoisotopic (exact) mass is 197 g/mol. The van der Waals surface area contributed by atoms with Gasteiger partial charge in [0.1, 0.15) is 5.82 Å². The molecule has 0 aliphatic carbocycles. The van der Waals surface area contributed by atoms with Crippen molar-refractivity contribution < 1.29 is 9.13 Å². The number of halogens is 1. The van der Waals surface area contributed by atoms with Crippen LogP contribution in [0.5, 0.6) is 0 Å². The third kappa shape index (κ3) is 2.79. The molecule has 2 nitrogen and oxygen atoms in total. The maximum absolute atomic E-state index is 13.7. The molecule has 0 atom stereocenters. The molecule has 0 fully saturated rings. The second kappa shape index (κ2) is 5.73. The third-order valence-corrected chi connectivity index (χ3v) is 2.11. The van der Waals surface area contributed by atoms with E-state index in [1.807, 2.05) is 6.07 Å². The largest absolute Gasteiger partial charge is 0.380 e. The summed E-state index contributed by atoms with van der Waals surface area (Å²) in [5.74, 6) is -0.150. The molecule has 0 spiro atoms. The van der Waals surface area contributed by atoms with E-state index in [0.29, 0.717) is 25.1 Å². The Morgan fingerprint density at radius 1 is 1.36 bits per heavy atom. The summed E-state index contributed by atoms with van der Waals surface area (Å²) in [4.78, 5) is 0. The van der Waals surface area contributed by atoms with Crippen LogP contribution in [-0.2, 0) is 17.8 Å². The van der Waals surface area contributed by atoms with Crippen molar-refractivity contribution in [3.63, 3.8) is 0 Å². The van der Waals surface area contributed by atoms with E-state index in [1.165, 1.54) is 0 Å². The highest BCUT2D eigenvalue weighted by Gasteiger charge is 2.06. The van der Waals surface area contributed by atoms with E-state index in [0.717, 1.165) is 12.0 Å². The molecule has 0 aromatic heterocycles. The second-order valence-corrected chi connectivity index (χ2v) is 3.22. The van der Waals surface area contributed by atoms with Gasteiger partial charge in [-0.25, -0.2) is 4.39 Å². The molecule has 0 saturated heterocycles. The minimum absolute atomic E-state index is 0.150. The average molecular weight is 197 g/mol. The summed E-state index contributed by atoms with van der Waals surface area (Å²) in [5, 5.41) is 0. The standard InChI is InChI=1S/C11H16FNO/c1-14-8-10-5-2-4-9(11(10)12)6-3-7-13/h2,4-5H,3,6-8,13H2,1H3. The number of rotatable bonds is 5. The predicted molar refractivity (Wildman–Crippen MR) is 54.5 cm³/mol. The first-order chi connectivity index (χ1) is 6.79. The molecule has 0 aliphatic rings. The average Bonchev–Trinajstić information content (AvgIpc) is 2.20. The topological polar surface area (TPSA) is 35.2 Å². The van der Waals surface area contributed by atoms with E-state index in [2.05, 4.69) is 0 Å². The molecule has 0 heterocycles. The molecule has 1 aromatic rings. The Balaban J connectivity index is 2.78. The lowest BCUT2D eigenvalue weighted by atomic mass is 10.1. The van der Waals surface area contributed by atoms with Gasteiger partial charge in [-0.2, -0.15) is 0 Å². The number of methoxy groups -OCH3 is 1. The van der Waals surface area contributed by atoms with Gasteiger partial charge in [-0.15, -0.1) is 0 Å². The van der Waals surface area contributed by atoms with Crippen molar-refractivity contribution in [3.8, 4) is 0 Å². The lowest BCUT2D eigenvalue weighted by Gasteiger charge is -2.06. The number of benzene rings is 1. The zero-order valence-corrected chi connectivity index (χ0v) is 8.42. The van der Waals surface area contributed by atoms with Crippen molar-refractivity contribution in [2.24, 2.45) is 5.73 Å². The van der Waals surface area contributed by atoms with Gasteiger partial charge in [0.15, 0.2) is 0 Å². The smallest absolute Gasteiger partial charge is 0.131 e. The fourth-order valence-corrected chi connectivity index (χ4v) is 1.39. The van der Waals surface area contributed by atoms with Crippen molar-refractivity contribution in [1.29, 1.82) is 0 Å². The second-order valence-electron chi connectivity index (χ2n) is 3.22. The summed E-state index contributed by atoms with van der Waals surface area (Å²) in [7, 11) is 1.56. The molecule has 1 rings (SSSR count). The van der Waals surface area contributed by atoms with Crippen molar-refractivity contribution in [1.82, 2.24) is 0 Å². The van der Waals surface area contributed by atoms with Crippen LogP contribution < -0.4 is 5.73 Å². The fourth-order valence-electron chi connectivity index (χ4n) is 1.39. The Bertz CT molecular complexity index is 289. The first kappa shape index (κ1) is 11.1. The van der Waals surface area contributed by atoms with Crippen molar-refractivity contribution in [2.75, 3.05) is 13.7 Å². The summed E-state index contributed by atoms with van der Waals surface area (Å²) >= 11 is 0. The first-order valence-electron chi connectivity index (χ1n) is 4.75. The minimum Gasteiger partial charge on any atom is -0.380 e. The van der Waals surface area contributed by atoms with Gasteiger partial charge >= 0.3 is 0 Å². The van der Waals surface area contributed by atoms with Crippen molar-refractivity contribution in [3.05, 3.63) is 35.1 Å². The molecule has 0 radical (unpaired) electrons. The van der Waals surface area contributed by atoms with Crippen molar-refractivity contribution >= 4 is 0 Å². The minimum atomic E-state index is -0.150. The number of nitrogens with two attached hydrogens (primary N) is 1. The molecule has 3 heteroatoms. The highest BCUT2D eigenvalue weighted by atomic mass is 19.1. The molecule has 0 amide bonds. The molecule has 0 saturated carbocycles. The van der Waals surface area contributed by atoms with E-state index >= 15 is 0 Å². The molecule has 14 heavy (non-hydrogen) atoms. The molecule has 0 bridgehead atoms. The normalized spacial score (nSPS) is 10.5. The first-order valence-corrected chi connectivity index (χ1v) is 4.75. The summed E-state index contributed by atoms with van der Waals surface area (Å²) in [6.07, 6.45) is 1.51. The Kier molecular flexibility index (Phi) is 4.56. The van der Waals surface area contributed by atoms with E-state index in [1.54, 1.807) is 19.2 Å². The van der Waals surface area contributed by atoms with Gasteiger partial charge in [-0.3, -0.25) is 0 Å². The van der Waals surface area contributed by atoms with Gasteiger partial charge in [0, 0.05) is 12.7 Å². The Hall–Kier alpha value is -0.930. The summed E-state index contributed by atoms with van der Waals surface area (Å²) < 4.78 is 18.6. The Labute approximate surface area is 83.9 Å². The van der Waals surface area contributed by atoms with E-state index < -0.39 is 0 Å². The van der Waals surface area contributed by atoms with E-state index in [9.17, 15) is 4.39 Å². The number of hydrogen-bond acceptors (Lipinski definition) is 2. The molecule has 2 N–H and O–H groups in total. The van der Waals surface area contributed by atoms with E-state index in [-0.39, 0.29) is 5.82 Å². The predicted octanol–water partition coefficient (Wildman–Crippen LogP) is 1.86. The molecular formula is C11H16FNO. The van der Waals surface area contributed by atoms with Crippen LogP contribution in [0.25, 0.3) is 0 Å². The van der Waals surface area contributed by atoms with Crippen LogP contribution in [0, 0.1) is 5.82 Å². The molecular weight excluding hydrogens is 181 g/mol. The maximum Gasteiger partial charge on any atom is 0.131 e. The van der Waals surface area contributed by atoms with Crippen LogP contribution in [0.4, 0.5) is 4.39 Å². The Morgan fingerprint density at radius 2 is 2.07 bits per heavy atom.